The third-order valence-corrected chi connectivity index (χ3v) is 1.42. The van der Waals surface area contributed by atoms with E-state index in [1.165, 1.54) is 0 Å². The van der Waals surface area contributed by atoms with Crippen LogP contribution in [0.25, 0.3) is 0 Å². The van der Waals surface area contributed by atoms with Gasteiger partial charge in [-0.25, -0.2) is 0 Å². The van der Waals surface area contributed by atoms with Crippen molar-refractivity contribution in [3.05, 3.63) is 12.7 Å². The van der Waals surface area contributed by atoms with Gasteiger partial charge in [0.2, 0.25) is 0 Å². The Morgan fingerprint density at radius 3 is 1.18 bits per heavy atom. The summed E-state index contributed by atoms with van der Waals surface area (Å²) in [4.78, 5) is 0. The number of rotatable bonds is 2. The first kappa shape index (κ1) is 17.0. The minimum atomic E-state index is 0.667. The van der Waals surface area contributed by atoms with Crippen molar-refractivity contribution >= 4 is 0 Å². The van der Waals surface area contributed by atoms with Crippen LogP contribution in [0.1, 0.15) is 48.5 Å². The van der Waals surface area contributed by atoms with Gasteiger partial charge in [-0.1, -0.05) is 54.5 Å². The molecular formula is C11H26. The molecule has 1 unspecified atom stereocenters. The fraction of sp³-hybridized carbons (Fsp3) is 0.818. The fourth-order valence-corrected chi connectivity index (χ4v) is 0.272. The summed E-state index contributed by atoms with van der Waals surface area (Å²) in [6.07, 6.45) is 1.99. The van der Waals surface area contributed by atoms with Gasteiger partial charge in [0.05, 0.1) is 0 Å². The summed E-state index contributed by atoms with van der Waals surface area (Å²) in [6, 6.07) is 0. The first-order chi connectivity index (χ1) is 5.18. The van der Waals surface area contributed by atoms with Crippen LogP contribution < -0.4 is 0 Å². The van der Waals surface area contributed by atoms with Crippen molar-refractivity contribution in [1.29, 1.82) is 0 Å². The lowest BCUT2D eigenvalue weighted by Crippen LogP contribution is -1.97. The molecule has 0 rings (SSSR count). The summed E-state index contributed by atoms with van der Waals surface area (Å²) >= 11 is 0. The lowest BCUT2D eigenvalue weighted by Gasteiger charge is -2.07. The van der Waals surface area contributed by atoms with E-state index in [0.717, 1.165) is 5.92 Å². The average Bonchev–Trinajstić information content (AvgIpc) is 2.10. The molecule has 0 aromatic carbocycles. The maximum atomic E-state index is 3.68. The molecule has 0 amide bonds. The van der Waals surface area contributed by atoms with Gasteiger partial charge in [-0.05, 0) is 11.8 Å². The highest BCUT2D eigenvalue weighted by Gasteiger charge is 1.98. The minimum Gasteiger partial charge on any atom is -0.103 e. The highest BCUT2D eigenvalue weighted by Crippen LogP contribution is 2.08. The maximum Gasteiger partial charge on any atom is -0.0242 e. The van der Waals surface area contributed by atoms with Gasteiger partial charge in [0.15, 0.2) is 0 Å². The molecule has 0 aliphatic heterocycles. The number of hydrogen-bond donors (Lipinski definition) is 0. The van der Waals surface area contributed by atoms with E-state index in [1.807, 2.05) is 33.8 Å². The Balaban J connectivity index is -0.000000138. The smallest absolute Gasteiger partial charge is 0.0242 e. The van der Waals surface area contributed by atoms with Crippen molar-refractivity contribution in [3.8, 4) is 0 Å². The Morgan fingerprint density at radius 1 is 0.909 bits per heavy atom. The molecule has 0 aliphatic carbocycles. The lowest BCUT2D eigenvalue weighted by atomic mass is 9.99. The third kappa shape index (κ3) is 17.7. The van der Waals surface area contributed by atoms with Gasteiger partial charge in [-0.15, -0.1) is 6.58 Å². The number of allylic oxidation sites excluding steroid dienone is 1. The maximum absolute atomic E-state index is 3.68. The van der Waals surface area contributed by atoms with E-state index < -0.39 is 0 Å². The van der Waals surface area contributed by atoms with Gasteiger partial charge in [0, 0.05) is 0 Å². The summed E-state index contributed by atoms with van der Waals surface area (Å²) < 4.78 is 0. The van der Waals surface area contributed by atoms with Crippen molar-refractivity contribution in [2.45, 2.75) is 48.5 Å². The zero-order valence-corrected chi connectivity index (χ0v) is 9.44. The molecule has 70 valence electrons. The molecular weight excluding hydrogens is 132 g/mol. The van der Waals surface area contributed by atoms with Crippen LogP contribution >= 0.6 is 0 Å². The second-order valence-electron chi connectivity index (χ2n) is 2.34. The first-order valence-corrected chi connectivity index (χ1v) is 4.81. The van der Waals surface area contributed by atoms with E-state index in [1.54, 1.807) is 0 Å². The molecule has 0 radical (unpaired) electrons. The van der Waals surface area contributed by atoms with E-state index in [0.29, 0.717) is 5.92 Å². The molecule has 0 aromatic heterocycles. The van der Waals surface area contributed by atoms with Gasteiger partial charge in [-0.3, -0.25) is 0 Å². The second-order valence-corrected chi connectivity index (χ2v) is 2.34. The number of hydrogen-bond acceptors (Lipinski definition) is 0. The molecule has 11 heavy (non-hydrogen) atoms. The molecule has 0 spiro atoms. The lowest BCUT2D eigenvalue weighted by molar-refractivity contribution is 0.505. The molecule has 0 nitrogen and oxygen atoms in total. The van der Waals surface area contributed by atoms with Crippen LogP contribution in [0.15, 0.2) is 12.7 Å². The van der Waals surface area contributed by atoms with Crippen molar-refractivity contribution in [3.63, 3.8) is 0 Å². The first-order valence-electron chi connectivity index (χ1n) is 4.81. The van der Waals surface area contributed by atoms with E-state index in [-0.39, 0.29) is 0 Å². The molecule has 0 aromatic rings. The minimum absolute atomic E-state index is 0.667. The molecule has 0 heterocycles. The summed E-state index contributed by atoms with van der Waals surface area (Å²) in [5.74, 6) is 1.41. The van der Waals surface area contributed by atoms with Crippen molar-refractivity contribution in [2.24, 2.45) is 11.8 Å². The fourth-order valence-electron chi connectivity index (χ4n) is 0.272. The third-order valence-electron chi connectivity index (χ3n) is 1.42. The van der Waals surface area contributed by atoms with Crippen LogP contribution in [0.4, 0.5) is 0 Å². The Bertz CT molecular complexity index is 53.1. The Hall–Kier alpha value is -0.260. The van der Waals surface area contributed by atoms with Gasteiger partial charge in [0.1, 0.15) is 0 Å². The van der Waals surface area contributed by atoms with Crippen LogP contribution in [0.3, 0.4) is 0 Å². The van der Waals surface area contributed by atoms with Crippen LogP contribution in [-0.4, -0.2) is 0 Å². The molecule has 0 N–H and O–H groups in total. The molecule has 0 aliphatic rings. The second kappa shape index (κ2) is 16.4. The largest absolute Gasteiger partial charge is 0.103 e. The van der Waals surface area contributed by atoms with Crippen molar-refractivity contribution < 1.29 is 0 Å². The van der Waals surface area contributed by atoms with Crippen molar-refractivity contribution in [2.75, 3.05) is 0 Å². The molecule has 0 heteroatoms. The molecule has 0 bridgehead atoms. The molecule has 0 saturated heterocycles. The molecule has 1 atom stereocenters. The van der Waals surface area contributed by atoms with Gasteiger partial charge in [-0.2, -0.15) is 0 Å². The van der Waals surface area contributed by atoms with Gasteiger partial charge >= 0.3 is 0 Å². The summed E-state index contributed by atoms with van der Waals surface area (Å²) in [7, 11) is 0. The van der Waals surface area contributed by atoms with Gasteiger partial charge in [0.25, 0.3) is 0 Å². The Kier molecular flexibility index (Phi) is 25.3. The predicted molar refractivity (Wildman–Crippen MR) is 56.9 cm³/mol. The zero-order valence-electron chi connectivity index (χ0n) is 9.44. The Morgan fingerprint density at radius 2 is 1.18 bits per heavy atom. The monoisotopic (exact) mass is 158 g/mol. The highest BCUT2D eigenvalue weighted by atomic mass is 14.0. The van der Waals surface area contributed by atoms with E-state index >= 15 is 0 Å². The predicted octanol–water partition coefficient (Wildman–Crippen LogP) is 4.52. The van der Waals surface area contributed by atoms with Crippen LogP contribution in [0.2, 0.25) is 0 Å². The van der Waals surface area contributed by atoms with Gasteiger partial charge < -0.3 is 0 Å². The highest BCUT2D eigenvalue weighted by molar-refractivity contribution is 4.76. The van der Waals surface area contributed by atoms with Crippen LogP contribution in [0, 0.1) is 11.8 Å². The van der Waals surface area contributed by atoms with Crippen molar-refractivity contribution in [1.82, 2.24) is 0 Å². The topological polar surface area (TPSA) is 0 Å². The van der Waals surface area contributed by atoms with Crippen LogP contribution in [0.5, 0.6) is 0 Å². The van der Waals surface area contributed by atoms with E-state index in [4.69, 9.17) is 0 Å². The summed E-state index contributed by atoms with van der Waals surface area (Å²) in [5.41, 5.74) is 0. The quantitative estimate of drug-likeness (QED) is 0.518. The SMILES string of the molecule is C=CC(C)C(C)C.CC.CC. The zero-order chi connectivity index (χ0) is 9.86. The Labute approximate surface area is 73.7 Å². The normalized spacial score (nSPS) is 10.2. The summed E-state index contributed by atoms with van der Waals surface area (Å²) in [6.45, 7) is 18.3. The summed E-state index contributed by atoms with van der Waals surface area (Å²) in [5, 5.41) is 0. The molecule has 0 saturated carbocycles. The average molecular weight is 158 g/mol. The van der Waals surface area contributed by atoms with E-state index in [2.05, 4.69) is 27.4 Å². The van der Waals surface area contributed by atoms with Crippen LogP contribution in [-0.2, 0) is 0 Å². The standard InChI is InChI=1S/C7H14.2C2H6/c1-5-7(4)6(2)3;2*1-2/h5-7H,1H2,2-4H3;2*1-2H3. The van der Waals surface area contributed by atoms with E-state index in [9.17, 15) is 0 Å². The molecule has 0 fully saturated rings.